The molecule has 1 saturated heterocycles. The van der Waals surface area contributed by atoms with Gasteiger partial charge in [0.25, 0.3) is 0 Å². The number of ether oxygens (including phenoxy) is 2. The zero-order valence-corrected chi connectivity index (χ0v) is 16.4. The van der Waals surface area contributed by atoms with Crippen molar-refractivity contribution in [2.24, 2.45) is 0 Å². The fourth-order valence-corrected chi connectivity index (χ4v) is 4.56. The van der Waals surface area contributed by atoms with Crippen LogP contribution in [0.3, 0.4) is 0 Å². The lowest BCUT2D eigenvalue weighted by atomic mass is 10.0. The van der Waals surface area contributed by atoms with Crippen LogP contribution in [0.25, 0.3) is 0 Å². The van der Waals surface area contributed by atoms with Crippen molar-refractivity contribution in [3.63, 3.8) is 0 Å². The molecule has 0 radical (unpaired) electrons. The summed E-state index contributed by atoms with van der Waals surface area (Å²) >= 11 is 1.62. The summed E-state index contributed by atoms with van der Waals surface area (Å²) in [4.78, 5) is 14.8. The van der Waals surface area contributed by atoms with Crippen LogP contribution < -0.4 is 9.47 Å². The first kappa shape index (κ1) is 18.7. The second-order valence-corrected chi connectivity index (χ2v) is 7.94. The van der Waals surface area contributed by atoms with E-state index in [2.05, 4.69) is 6.07 Å². The Balaban J connectivity index is 1.36. The van der Waals surface area contributed by atoms with Gasteiger partial charge in [0.15, 0.2) is 11.5 Å². The van der Waals surface area contributed by atoms with E-state index in [4.69, 9.17) is 14.7 Å². The van der Waals surface area contributed by atoms with E-state index in [1.54, 1.807) is 11.8 Å². The normalized spacial score (nSPS) is 18.0. The zero-order valence-electron chi connectivity index (χ0n) is 15.6. The minimum atomic E-state index is 0.110. The van der Waals surface area contributed by atoms with Crippen molar-refractivity contribution in [1.29, 1.82) is 5.26 Å². The van der Waals surface area contributed by atoms with E-state index >= 15 is 0 Å². The largest absolute Gasteiger partial charge is 0.486 e. The number of hydrogen-bond acceptors (Lipinski definition) is 5. The minimum absolute atomic E-state index is 0.110. The third-order valence-electron chi connectivity index (χ3n) is 5.10. The Morgan fingerprint density at radius 3 is 2.71 bits per heavy atom. The number of thioether (sulfide) groups is 1. The van der Waals surface area contributed by atoms with E-state index in [0.717, 1.165) is 47.8 Å². The summed E-state index contributed by atoms with van der Waals surface area (Å²) in [6.45, 7) is 1.95. The average Bonchev–Trinajstić information content (AvgIpc) is 3.24. The summed E-state index contributed by atoms with van der Waals surface area (Å²) in [5, 5.41) is 8.86. The van der Waals surface area contributed by atoms with Crippen molar-refractivity contribution >= 4 is 17.7 Å². The lowest BCUT2D eigenvalue weighted by molar-refractivity contribution is -0.129. The van der Waals surface area contributed by atoms with Gasteiger partial charge in [0.05, 0.1) is 23.4 Å². The van der Waals surface area contributed by atoms with Gasteiger partial charge in [0.2, 0.25) is 5.91 Å². The number of amides is 1. The molecule has 0 bridgehead atoms. The molecule has 1 unspecified atom stereocenters. The highest BCUT2D eigenvalue weighted by Crippen LogP contribution is 2.38. The van der Waals surface area contributed by atoms with Crippen LogP contribution in [-0.4, -0.2) is 36.3 Å². The number of nitriles is 1. The maximum Gasteiger partial charge on any atom is 0.233 e. The van der Waals surface area contributed by atoms with Crippen molar-refractivity contribution in [2.75, 3.05) is 25.5 Å². The van der Waals surface area contributed by atoms with Gasteiger partial charge >= 0.3 is 0 Å². The van der Waals surface area contributed by atoms with Crippen LogP contribution in [0.2, 0.25) is 0 Å². The predicted octanol–water partition coefficient (Wildman–Crippen LogP) is 3.93. The Morgan fingerprint density at radius 1 is 1.14 bits per heavy atom. The maximum absolute atomic E-state index is 12.8. The van der Waals surface area contributed by atoms with Crippen molar-refractivity contribution < 1.29 is 14.3 Å². The van der Waals surface area contributed by atoms with Crippen molar-refractivity contribution in [1.82, 2.24) is 4.90 Å². The molecule has 6 heteroatoms. The molecule has 28 heavy (non-hydrogen) atoms. The Kier molecular flexibility index (Phi) is 5.73. The van der Waals surface area contributed by atoms with Gasteiger partial charge in [-0.1, -0.05) is 18.2 Å². The van der Waals surface area contributed by atoms with E-state index < -0.39 is 0 Å². The Bertz CT molecular complexity index is 892. The van der Waals surface area contributed by atoms with Crippen LogP contribution in [-0.2, 0) is 10.5 Å². The van der Waals surface area contributed by atoms with Crippen molar-refractivity contribution in [3.8, 4) is 17.6 Å². The van der Waals surface area contributed by atoms with E-state index in [-0.39, 0.29) is 11.9 Å². The smallest absolute Gasteiger partial charge is 0.233 e. The molecule has 0 aliphatic carbocycles. The van der Waals surface area contributed by atoms with E-state index in [1.807, 2.05) is 47.4 Å². The molecule has 0 saturated carbocycles. The predicted molar refractivity (Wildman–Crippen MR) is 108 cm³/mol. The summed E-state index contributed by atoms with van der Waals surface area (Å²) in [5.74, 6) is 2.96. The van der Waals surface area contributed by atoms with Gasteiger partial charge in [-0.25, -0.2) is 0 Å². The lowest BCUT2D eigenvalue weighted by Crippen LogP contribution is -2.32. The Labute approximate surface area is 169 Å². The molecule has 2 aliphatic rings. The van der Waals surface area contributed by atoms with Crippen LogP contribution >= 0.6 is 11.8 Å². The number of fused-ring (bicyclic) bond motifs is 1. The topological polar surface area (TPSA) is 62.6 Å². The highest BCUT2D eigenvalue weighted by Gasteiger charge is 2.30. The molecule has 2 aromatic carbocycles. The third kappa shape index (κ3) is 4.10. The molecule has 1 atom stereocenters. The summed E-state index contributed by atoms with van der Waals surface area (Å²) in [6, 6.07) is 15.8. The molecule has 1 fully saturated rings. The van der Waals surface area contributed by atoms with Gasteiger partial charge in [-0.15, -0.1) is 11.8 Å². The van der Waals surface area contributed by atoms with Gasteiger partial charge in [-0.3, -0.25) is 4.79 Å². The third-order valence-corrected chi connectivity index (χ3v) is 6.09. The zero-order chi connectivity index (χ0) is 19.3. The molecule has 5 nitrogen and oxygen atoms in total. The first-order valence-electron chi connectivity index (χ1n) is 9.50. The quantitative estimate of drug-likeness (QED) is 0.769. The van der Waals surface area contributed by atoms with E-state index in [0.29, 0.717) is 24.5 Å². The molecule has 2 aliphatic heterocycles. The van der Waals surface area contributed by atoms with Crippen LogP contribution in [0.1, 0.15) is 35.6 Å². The second kappa shape index (κ2) is 8.57. The van der Waals surface area contributed by atoms with Gasteiger partial charge in [0.1, 0.15) is 13.2 Å². The monoisotopic (exact) mass is 394 g/mol. The van der Waals surface area contributed by atoms with Crippen molar-refractivity contribution in [3.05, 3.63) is 59.2 Å². The SMILES string of the molecule is N#Cc1ccc(CSCC(=O)N2CCCC2c2ccc3c(c2)OCCO3)cc1. The van der Waals surface area contributed by atoms with Gasteiger partial charge < -0.3 is 14.4 Å². The number of hydrogen-bond donors (Lipinski definition) is 0. The number of rotatable bonds is 5. The van der Waals surface area contributed by atoms with E-state index in [1.165, 1.54) is 0 Å². The molecule has 4 rings (SSSR count). The number of carbonyl (C=O) groups is 1. The standard InChI is InChI=1S/C22H22N2O3S/c23-13-16-3-5-17(6-4-16)14-28-15-22(25)24-9-1-2-19(24)18-7-8-20-21(12-18)27-11-10-26-20/h3-8,12,19H,1-2,9-11,14-15H2. The average molecular weight is 394 g/mol. The van der Waals surface area contributed by atoms with Crippen LogP contribution in [0.5, 0.6) is 11.5 Å². The first-order valence-corrected chi connectivity index (χ1v) is 10.7. The van der Waals surface area contributed by atoms with Gasteiger partial charge in [0, 0.05) is 12.3 Å². The molecule has 0 spiro atoms. The number of likely N-dealkylation sites (tertiary alicyclic amines) is 1. The van der Waals surface area contributed by atoms with E-state index in [9.17, 15) is 4.79 Å². The molecule has 144 valence electrons. The fraction of sp³-hybridized carbons (Fsp3) is 0.364. The number of carbonyl (C=O) groups excluding carboxylic acids is 1. The molecule has 1 amide bonds. The Hall–Kier alpha value is -2.65. The summed E-state index contributed by atoms with van der Waals surface area (Å²) in [6.07, 6.45) is 2.00. The van der Waals surface area contributed by atoms with Gasteiger partial charge in [-0.05, 0) is 48.2 Å². The summed E-state index contributed by atoms with van der Waals surface area (Å²) in [7, 11) is 0. The van der Waals surface area contributed by atoms with Crippen molar-refractivity contribution in [2.45, 2.75) is 24.6 Å². The molecular weight excluding hydrogens is 372 g/mol. The van der Waals surface area contributed by atoms with Gasteiger partial charge in [-0.2, -0.15) is 5.26 Å². The second-order valence-electron chi connectivity index (χ2n) is 6.95. The Morgan fingerprint density at radius 2 is 1.93 bits per heavy atom. The van der Waals surface area contributed by atoms with Crippen LogP contribution in [0, 0.1) is 11.3 Å². The fourth-order valence-electron chi connectivity index (χ4n) is 3.69. The highest BCUT2D eigenvalue weighted by molar-refractivity contribution is 7.99. The molecule has 0 aromatic heterocycles. The highest BCUT2D eigenvalue weighted by atomic mass is 32.2. The summed E-state index contributed by atoms with van der Waals surface area (Å²) < 4.78 is 11.3. The molecular formula is C22H22N2O3S. The first-order chi connectivity index (χ1) is 13.7. The summed E-state index contributed by atoms with van der Waals surface area (Å²) in [5.41, 5.74) is 2.90. The molecule has 2 aromatic rings. The lowest BCUT2D eigenvalue weighted by Gasteiger charge is -2.26. The van der Waals surface area contributed by atoms with Crippen LogP contribution in [0.15, 0.2) is 42.5 Å². The number of nitrogens with zero attached hydrogens (tertiary/aromatic N) is 2. The maximum atomic E-state index is 12.8. The molecule has 2 heterocycles. The van der Waals surface area contributed by atoms with Crippen LogP contribution in [0.4, 0.5) is 0 Å². The number of benzene rings is 2. The minimum Gasteiger partial charge on any atom is -0.486 e. The molecule has 0 N–H and O–H groups in total.